The zero-order valence-corrected chi connectivity index (χ0v) is 17.7. The van der Waals surface area contributed by atoms with Crippen LogP contribution >= 0.6 is 11.3 Å². The molecule has 4 nitrogen and oxygen atoms in total. The van der Waals surface area contributed by atoms with E-state index in [0.717, 1.165) is 34.7 Å². The van der Waals surface area contributed by atoms with Crippen LogP contribution in [0.3, 0.4) is 0 Å². The lowest BCUT2D eigenvalue weighted by molar-refractivity contribution is -0.119. The number of nitrogens with zero attached hydrogens (tertiary/aromatic N) is 2. The number of nitrogens with one attached hydrogen (secondary N) is 1. The molecule has 0 aliphatic rings. The van der Waals surface area contributed by atoms with Gasteiger partial charge in [0.05, 0.1) is 5.69 Å². The van der Waals surface area contributed by atoms with Crippen LogP contribution in [0.2, 0.25) is 0 Å². The van der Waals surface area contributed by atoms with Crippen LogP contribution in [-0.4, -0.2) is 31.0 Å². The van der Waals surface area contributed by atoms with Gasteiger partial charge in [-0.2, -0.15) is 0 Å². The van der Waals surface area contributed by atoms with Gasteiger partial charge in [-0.25, -0.2) is 4.98 Å². The van der Waals surface area contributed by atoms with Gasteiger partial charge in [-0.3, -0.25) is 4.79 Å². The molecule has 0 fully saturated rings. The van der Waals surface area contributed by atoms with Gasteiger partial charge in [0.1, 0.15) is 5.01 Å². The summed E-state index contributed by atoms with van der Waals surface area (Å²) >= 11 is 1.67. The van der Waals surface area contributed by atoms with Crippen LogP contribution in [0, 0.1) is 0 Å². The number of aryl methyl sites for hydroxylation is 1. The second-order valence-electron chi connectivity index (χ2n) is 7.32. The van der Waals surface area contributed by atoms with Crippen molar-refractivity contribution in [2.45, 2.75) is 32.7 Å². The van der Waals surface area contributed by atoms with Crippen LogP contribution in [0.4, 0.5) is 5.69 Å². The summed E-state index contributed by atoms with van der Waals surface area (Å²) in [6.45, 7) is 3.60. The van der Waals surface area contributed by atoms with E-state index >= 15 is 0 Å². The first-order chi connectivity index (χ1) is 13.4. The molecule has 0 bridgehead atoms. The van der Waals surface area contributed by atoms with Crippen molar-refractivity contribution in [2.75, 3.05) is 19.0 Å². The Morgan fingerprint density at radius 1 is 1.07 bits per heavy atom. The number of hydrogen-bond donors (Lipinski definition) is 1. The molecule has 0 spiro atoms. The van der Waals surface area contributed by atoms with Crippen LogP contribution in [0.15, 0.2) is 53.9 Å². The first-order valence-corrected chi connectivity index (χ1v) is 10.4. The van der Waals surface area contributed by atoms with Crippen molar-refractivity contribution in [3.05, 3.63) is 59.5 Å². The Morgan fingerprint density at radius 3 is 2.32 bits per heavy atom. The van der Waals surface area contributed by atoms with E-state index in [1.807, 2.05) is 21.0 Å². The maximum atomic E-state index is 11.1. The molecule has 3 aromatic rings. The highest BCUT2D eigenvalue weighted by Crippen LogP contribution is 2.30. The number of amides is 1. The second-order valence-corrected chi connectivity index (χ2v) is 8.17. The largest absolute Gasteiger partial charge is 0.378 e. The van der Waals surface area contributed by atoms with Crippen molar-refractivity contribution in [1.82, 2.24) is 10.3 Å². The predicted molar refractivity (Wildman–Crippen MR) is 119 cm³/mol. The SMILES string of the molecule is CC(=O)N[C@@H](C)CCc1ccc(-c2csc(-c3ccc(N(C)C)cc3)n2)cc1. The molecule has 2 aromatic carbocycles. The Bertz CT molecular complexity index is 914. The first-order valence-electron chi connectivity index (χ1n) is 9.52. The number of thiazole rings is 1. The molecule has 1 amide bonds. The zero-order valence-electron chi connectivity index (χ0n) is 16.9. The third kappa shape index (κ3) is 5.20. The van der Waals surface area contributed by atoms with Crippen LogP contribution in [0.25, 0.3) is 21.8 Å². The van der Waals surface area contributed by atoms with Crippen molar-refractivity contribution in [1.29, 1.82) is 0 Å². The molecule has 0 saturated carbocycles. The lowest BCUT2D eigenvalue weighted by Gasteiger charge is -2.12. The van der Waals surface area contributed by atoms with Gasteiger partial charge in [0.25, 0.3) is 0 Å². The summed E-state index contributed by atoms with van der Waals surface area (Å²) in [6.07, 6.45) is 1.88. The summed E-state index contributed by atoms with van der Waals surface area (Å²) in [5.74, 6) is 0.0264. The van der Waals surface area contributed by atoms with Crippen LogP contribution in [0.1, 0.15) is 25.8 Å². The molecular weight excluding hydrogens is 366 g/mol. The van der Waals surface area contributed by atoms with Gasteiger partial charge < -0.3 is 10.2 Å². The average Bonchev–Trinajstić information content (AvgIpc) is 3.16. The normalized spacial score (nSPS) is 11.9. The molecular formula is C23H27N3OS. The van der Waals surface area contributed by atoms with Gasteiger partial charge >= 0.3 is 0 Å². The zero-order chi connectivity index (χ0) is 20.1. The Labute approximate surface area is 171 Å². The molecule has 0 radical (unpaired) electrons. The van der Waals surface area contributed by atoms with E-state index in [9.17, 15) is 4.79 Å². The maximum absolute atomic E-state index is 11.1. The highest BCUT2D eigenvalue weighted by atomic mass is 32.1. The Hall–Kier alpha value is -2.66. The van der Waals surface area contributed by atoms with Crippen molar-refractivity contribution in [3.8, 4) is 21.8 Å². The minimum absolute atomic E-state index is 0.0264. The number of hydrogen-bond acceptors (Lipinski definition) is 4. The minimum atomic E-state index is 0.0264. The molecule has 5 heteroatoms. The fraction of sp³-hybridized carbons (Fsp3) is 0.304. The number of carbonyl (C=O) groups excluding carboxylic acids is 1. The van der Waals surface area contributed by atoms with Gasteiger partial charge in [0.15, 0.2) is 0 Å². The lowest BCUT2D eigenvalue weighted by atomic mass is 10.0. The third-order valence-electron chi connectivity index (χ3n) is 4.70. The van der Waals surface area contributed by atoms with Crippen molar-refractivity contribution < 1.29 is 4.79 Å². The smallest absolute Gasteiger partial charge is 0.217 e. The van der Waals surface area contributed by atoms with E-state index in [4.69, 9.17) is 4.98 Å². The molecule has 0 aliphatic carbocycles. The van der Waals surface area contributed by atoms with E-state index in [1.165, 1.54) is 11.3 Å². The van der Waals surface area contributed by atoms with Crippen molar-refractivity contribution in [3.63, 3.8) is 0 Å². The van der Waals surface area contributed by atoms with Crippen LogP contribution in [-0.2, 0) is 11.2 Å². The standard InChI is InChI=1S/C23H27N3OS/c1-16(24-17(2)27)5-6-18-7-9-19(10-8-18)22-15-28-23(25-22)20-11-13-21(14-12-20)26(3)4/h7-16H,5-6H2,1-4H3,(H,24,27)/t16-/m0/s1. The first kappa shape index (κ1) is 20.1. The summed E-state index contributed by atoms with van der Waals surface area (Å²) in [7, 11) is 4.08. The summed E-state index contributed by atoms with van der Waals surface area (Å²) in [6, 6.07) is 17.2. The van der Waals surface area contributed by atoms with Gasteiger partial charge in [0, 0.05) is 49.3 Å². The van der Waals surface area contributed by atoms with E-state index in [-0.39, 0.29) is 11.9 Å². The van der Waals surface area contributed by atoms with E-state index < -0.39 is 0 Å². The van der Waals surface area contributed by atoms with Gasteiger partial charge in [-0.1, -0.05) is 24.3 Å². The summed E-state index contributed by atoms with van der Waals surface area (Å²) in [4.78, 5) is 18.0. The van der Waals surface area contributed by atoms with Crippen molar-refractivity contribution in [2.24, 2.45) is 0 Å². The molecule has 1 N–H and O–H groups in total. The quantitative estimate of drug-likeness (QED) is 0.614. The summed E-state index contributed by atoms with van der Waals surface area (Å²) in [5.41, 5.74) is 5.74. The van der Waals surface area contributed by atoms with Gasteiger partial charge in [0.2, 0.25) is 5.91 Å². The molecule has 3 rings (SSSR count). The molecule has 1 aromatic heterocycles. The van der Waals surface area contributed by atoms with E-state index in [1.54, 1.807) is 18.3 Å². The van der Waals surface area contributed by atoms with Crippen molar-refractivity contribution >= 4 is 22.9 Å². The molecule has 0 unspecified atom stereocenters. The summed E-state index contributed by atoms with van der Waals surface area (Å²) < 4.78 is 0. The fourth-order valence-electron chi connectivity index (χ4n) is 3.09. The number of anilines is 1. The van der Waals surface area contributed by atoms with E-state index in [2.05, 4.69) is 64.1 Å². The van der Waals surface area contributed by atoms with Gasteiger partial charge in [-0.15, -0.1) is 11.3 Å². The third-order valence-corrected chi connectivity index (χ3v) is 5.59. The summed E-state index contributed by atoms with van der Waals surface area (Å²) in [5, 5.41) is 6.08. The monoisotopic (exact) mass is 393 g/mol. The average molecular weight is 394 g/mol. The van der Waals surface area contributed by atoms with E-state index in [0.29, 0.717) is 0 Å². The molecule has 28 heavy (non-hydrogen) atoms. The number of benzene rings is 2. The molecule has 1 heterocycles. The van der Waals surface area contributed by atoms with Crippen LogP contribution in [0.5, 0.6) is 0 Å². The highest BCUT2D eigenvalue weighted by molar-refractivity contribution is 7.13. The topological polar surface area (TPSA) is 45.2 Å². The Kier molecular flexibility index (Phi) is 6.47. The molecule has 1 atom stereocenters. The Morgan fingerprint density at radius 2 is 1.71 bits per heavy atom. The molecule has 0 saturated heterocycles. The maximum Gasteiger partial charge on any atom is 0.217 e. The fourth-order valence-corrected chi connectivity index (χ4v) is 3.92. The minimum Gasteiger partial charge on any atom is -0.378 e. The number of aromatic nitrogens is 1. The Balaban J connectivity index is 1.65. The molecule has 0 aliphatic heterocycles. The predicted octanol–water partition coefficient (Wildman–Crippen LogP) is 5.00. The molecule has 146 valence electrons. The van der Waals surface area contributed by atoms with Crippen LogP contribution < -0.4 is 10.2 Å². The number of rotatable bonds is 7. The number of carbonyl (C=O) groups is 1. The second kappa shape index (κ2) is 9.02. The van der Waals surface area contributed by atoms with Gasteiger partial charge in [-0.05, 0) is 49.6 Å². The highest BCUT2D eigenvalue weighted by Gasteiger charge is 2.08. The lowest BCUT2D eigenvalue weighted by Crippen LogP contribution is -2.30.